The third-order valence-corrected chi connectivity index (χ3v) is 3.63. The molecule has 0 saturated heterocycles. The molecule has 118 valence electrons. The lowest BCUT2D eigenvalue weighted by Gasteiger charge is -2.08. The fraction of sp³-hybridized carbons (Fsp3) is 0.250. The summed E-state index contributed by atoms with van der Waals surface area (Å²) in [5.41, 5.74) is 2.39. The van der Waals surface area contributed by atoms with Crippen LogP contribution in [0.2, 0.25) is 0 Å². The number of fused-ring (bicyclic) bond motifs is 1. The summed E-state index contributed by atoms with van der Waals surface area (Å²) >= 11 is 0. The van der Waals surface area contributed by atoms with Gasteiger partial charge in [0.25, 0.3) is 11.5 Å². The van der Waals surface area contributed by atoms with E-state index in [0.717, 1.165) is 5.65 Å². The van der Waals surface area contributed by atoms with Crippen LogP contribution < -0.4 is 10.9 Å². The number of aromatic nitrogens is 4. The number of carbonyl (C=O) groups is 1. The van der Waals surface area contributed by atoms with Crippen molar-refractivity contribution < 1.29 is 4.79 Å². The Bertz CT molecular complexity index is 926. The Morgan fingerprint density at radius 3 is 2.96 bits per heavy atom. The molecule has 23 heavy (non-hydrogen) atoms. The first-order chi connectivity index (χ1) is 11.1. The molecular formula is C16H17N5O2. The summed E-state index contributed by atoms with van der Waals surface area (Å²) in [4.78, 5) is 32.7. The highest BCUT2D eigenvalue weighted by molar-refractivity contribution is 5.94. The van der Waals surface area contributed by atoms with E-state index in [4.69, 9.17) is 0 Å². The third-order valence-electron chi connectivity index (χ3n) is 3.63. The van der Waals surface area contributed by atoms with Crippen LogP contribution in [0.5, 0.6) is 0 Å². The molecule has 1 amide bonds. The normalized spacial score (nSPS) is 10.9. The number of imidazole rings is 1. The summed E-state index contributed by atoms with van der Waals surface area (Å²) in [6, 6.07) is 5.57. The Morgan fingerprint density at radius 2 is 2.13 bits per heavy atom. The molecule has 3 aromatic heterocycles. The topological polar surface area (TPSA) is 81.3 Å². The molecule has 3 heterocycles. The predicted octanol–water partition coefficient (Wildman–Crippen LogP) is 0.938. The van der Waals surface area contributed by atoms with Crippen LogP contribution in [0.15, 0.2) is 41.7 Å². The Kier molecular flexibility index (Phi) is 3.92. The van der Waals surface area contributed by atoms with E-state index in [1.165, 1.54) is 17.1 Å². The number of rotatable bonds is 4. The number of nitrogens with one attached hydrogen (secondary N) is 1. The van der Waals surface area contributed by atoms with Gasteiger partial charge < -0.3 is 5.32 Å². The van der Waals surface area contributed by atoms with Crippen molar-refractivity contribution in [1.82, 2.24) is 24.3 Å². The zero-order chi connectivity index (χ0) is 16.4. The lowest BCUT2D eigenvalue weighted by Crippen LogP contribution is -2.32. The molecular weight excluding hydrogens is 294 g/mol. The number of pyridine rings is 1. The molecule has 0 atom stereocenters. The second kappa shape index (κ2) is 6.04. The summed E-state index contributed by atoms with van der Waals surface area (Å²) in [7, 11) is 0. The molecule has 0 radical (unpaired) electrons. The zero-order valence-electron chi connectivity index (χ0n) is 13.0. The Hall–Kier alpha value is -2.96. The SMILES string of the molecule is Cc1nc2ccccn2c1C(=O)NCCn1cncc(C)c1=O. The highest BCUT2D eigenvalue weighted by atomic mass is 16.2. The van der Waals surface area contributed by atoms with Gasteiger partial charge in [0, 0.05) is 31.0 Å². The van der Waals surface area contributed by atoms with Gasteiger partial charge in [-0.25, -0.2) is 9.97 Å². The van der Waals surface area contributed by atoms with Crippen molar-refractivity contribution in [3.05, 3.63) is 64.2 Å². The number of hydrogen-bond donors (Lipinski definition) is 1. The molecule has 0 aliphatic carbocycles. The van der Waals surface area contributed by atoms with Crippen molar-refractivity contribution in [3.63, 3.8) is 0 Å². The highest BCUT2D eigenvalue weighted by Crippen LogP contribution is 2.11. The molecule has 7 nitrogen and oxygen atoms in total. The van der Waals surface area contributed by atoms with Crippen molar-refractivity contribution in [2.24, 2.45) is 0 Å². The van der Waals surface area contributed by atoms with Gasteiger partial charge in [-0.3, -0.25) is 18.6 Å². The van der Waals surface area contributed by atoms with Crippen molar-refractivity contribution in [3.8, 4) is 0 Å². The molecule has 0 fully saturated rings. The minimum absolute atomic E-state index is 0.0970. The quantitative estimate of drug-likeness (QED) is 0.777. The maximum Gasteiger partial charge on any atom is 0.270 e. The van der Waals surface area contributed by atoms with Crippen molar-refractivity contribution in [2.45, 2.75) is 20.4 Å². The van der Waals surface area contributed by atoms with Gasteiger partial charge >= 0.3 is 0 Å². The maximum atomic E-state index is 12.4. The minimum atomic E-state index is -0.213. The summed E-state index contributed by atoms with van der Waals surface area (Å²) in [5.74, 6) is -0.213. The predicted molar refractivity (Wildman–Crippen MR) is 85.5 cm³/mol. The second-order valence-electron chi connectivity index (χ2n) is 5.31. The molecule has 3 aromatic rings. The highest BCUT2D eigenvalue weighted by Gasteiger charge is 2.15. The molecule has 7 heteroatoms. The number of amides is 1. The molecule has 1 N–H and O–H groups in total. The fourth-order valence-corrected chi connectivity index (χ4v) is 2.48. The van der Waals surface area contributed by atoms with E-state index in [-0.39, 0.29) is 11.5 Å². The van der Waals surface area contributed by atoms with Crippen LogP contribution >= 0.6 is 0 Å². The van der Waals surface area contributed by atoms with Crippen LogP contribution in [-0.2, 0) is 6.54 Å². The molecule has 0 aromatic carbocycles. The van der Waals surface area contributed by atoms with E-state index in [1.54, 1.807) is 24.4 Å². The van der Waals surface area contributed by atoms with Crippen LogP contribution in [0.3, 0.4) is 0 Å². The number of nitrogens with zero attached hydrogens (tertiary/aromatic N) is 4. The second-order valence-corrected chi connectivity index (χ2v) is 5.31. The molecule has 0 bridgehead atoms. The fourth-order valence-electron chi connectivity index (χ4n) is 2.48. The Labute approximate surface area is 132 Å². The third kappa shape index (κ3) is 2.85. The van der Waals surface area contributed by atoms with Gasteiger partial charge in [0.05, 0.1) is 12.0 Å². The Balaban J connectivity index is 1.73. The largest absolute Gasteiger partial charge is 0.349 e. The van der Waals surface area contributed by atoms with Gasteiger partial charge in [0.15, 0.2) is 0 Å². The lowest BCUT2D eigenvalue weighted by molar-refractivity contribution is 0.0945. The maximum absolute atomic E-state index is 12.4. The first kappa shape index (κ1) is 15.0. The van der Waals surface area contributed by atoms with Crippen LogP contribution in [0.1, 0.15) is 21.7 Å². The molecule has 3 rings (SSSR count). The molecule has 0 spiro atoms. The monoisotopic (exact) mass is 311 g/mol. The number of hydrogen-bond acceptors (Lipinski definition) is 4. The summed E-state index contributed by atoms with van der Waals surface area (Å²) in [5, 5.41) is 2.83. The average molecular weight is 311 g/mol. The molecule has 0 aliphatic rings. The van der Waals surface area contributed by atoms with Crippen molar-refractivity contribution in [2.75, 3.05) is 6.54 Å². The van der Waals surface area contributed by atoms with E-state index >= 15 is 0 Å². The number of carbonyl (C=O) groups excluding carboxylic acids is 1. The van der Waals surface area contributed by atoms with E-state index < -0.39 is 0 Å². The lowest BCUT2D eigenvalue weighted by atomic mass is 10.3. The standard InChI is InChI=1S/C16H17N5O2/c1-11-9-17-10-20(16(11)23)8-6-18-15(22)14-12(2)19-13-5-3-4-7-21(13)14/h3-5,7,9-10H,6,8H2,1-2H3,(H,18,22). The van der Waals surface area contributed by atoms with Gasteiger partial charge in [-0.1, -0.05) is 6.07 Å². The molecule has 0 saturated carbocycles. The van der Waals surface area contributed by atoms with Gasteiger partial charge in [-0.2, -0.15) is 0 Å². The van der Waals surface area contributed by atoms with E-state index in [0.29, 0.717) is 30.0 Å². The van der Waals surface area contributed by atoms with E-state index in [2.05, 4.69) is 15.3 Å². The van der Waals surface area contributed by atoms with Crippen molar-refractivity contribution in [1.29, 1.82) is 0 Å². The van der Waals surface area contributed by atoms with Gasteiger partial charge in [0.1, 0.15) is 11.3 Å². The van der Waals surface area contributed by atoms with Gasteiger partial charge in [0.2, 0.25) is 0 Å². The average Bonchev–Trinajstić information content (AvgIpc) is 2.87. The summed E-state index contributed by atoms with van der Waals surface area (Å²) < 4.78 is 3.24. The first-order valence-corrected chi connectivity index (χ1v) is 7.31. The van der Waals surface area contributed by atoms with Crippen LogP contribution in [0.25, 0.3) is 5.65 Å². The Morgan fingerprint density at radius 1 is 1.30 bits per heavy atom. The summed E-state index contributed by atoms with van der Waals surface area (Å²) in [6.07, 6.45) is 4.80. The van der Waals surface area contributed by atoms with Gasteiger partial charge in [-0.05, 0) is 26.0 Å². The smallest absolute Gasteiger partial charge is 0.270 e. The van der Waals surface area contributed by atoms with E-state index in [9.17, 15) is 9.59 Å². The van der Waals surface area contributed by atoms with Gasteiger partial charge in [-0.15, -0.1) is 0 Å². The molecule has 0 unspecified atom stereocenters. The number of aryl methyl sites for hydroxylation is 2. The summed E-state index contributed by atoms with van der Waals surface area (Å²) in [6.45, 7) is 4.22. The van der Waals surface area contributed by atoms with Crippen molar-refractivity contribution >= 4 is 11.6 Å². The van der Waals surface area contributed by atoms with Crippen LogP contribution in [-0.4, -0.2) is 31.4 Å². The van der Waals surface area contributed by atoms with Crippen LogP contribution in [0.4, 0.5) is 0 Å². The first-order valence-electron chi connectivity index (χ1n) is 7.31. The minimum Gasteiger partial charge on any atom is -0.349 e. The van der Waals surface area contributed by atoms with Crippen LogP contribution in [0, 0.1) is 13.8 Å². The zero-order valence-corrected chi connectivity index (χ0v) is 13.0. The van der Waals surface area contributed by atoms with E-state index in [1.807, 2.05) is 18.2 Å². The molecule has 0 aliphatic heterocycles.